The number of benzene rings is 1. The average Bonchev–Trinajstić information content (AvgIpc) is 3.03. The van der Waals surface area contributed by atoms with Gasteiger partial charge in [-0.05, 0) is 82.6 Å². The van der Waals surface area contributed by atoms with E-state index in [1.807, 2.05) is 44.0 Å². The van der Waals surface area contributed by atoms with Gasteiger partial charge in [0, 0.05) is 55.2 Å². The molecule has 234 valence electrons. The minimum atomic E-state index is -0.108. The lowest BCUT2D eigenvalue weighted by atomic mass is 9.98. The van der Waals surface area contributed by atoms with Crippen LogP contribution in [0.5, 0.6) is 0 Å². The standard InChI is InChI=1S/C16H22ClN.C11H20N2O2.C5H9NO.C2H2/c1-4-7-13-11-15(17)9-8-14(13)12-16(6-3)18-10-5-2;14-11(13-8-6-12-7-9-13)15-10-4-2-1-3-5-10;1-3-5(2)6-4-7;1-2/h6,8-11H,4-5,7,12H2,1-3H3;10,12H,1-9H2;3-4H,1-2H3,(H,6,7);1-2H/b16-6-,18-10?;;5-3+;. The molecule has 1 saturated carbocycles. The average molecular weight is 601 g/mol. The number of nitrogens with one attached hydrogen (secondary N) is 2. The molecule has 1 aromatic rings. The number of nitrogens with zero attached hydrogens (tertiary/aromatic N) is 2. The van der Waals surface area contributed by atoms with Crippen LogP contribution in [0.4, 0.5) is 4.79 Å². The van der Waals surface area contributed by atoms with Gasteiger partial charge in [-0.1, -0.05) is 56.5 Å². The van der Waals surface area contributed by atoms with Gasteiger partial charge in [0.2, 0.25) is 6.41 Å². The maximum Gasteiger partial charge on any atom is 0.410 e. The lowest BCUT2D eigenvalue weighted by Gasteiger charge is -2.29. The van der Waals surface area contributed by atoms with E-state index in [0.717, 1.165) is 81.1 Å². The number of piperazine rings is 1. The predicted molar refractivity (Wildman–Crippen MR) is 178 cm³/mol. The highest BCUT2D eigenvalue weighted by atomic mass is 35.5. The molecule has 1 aliphatic heterocycles. The number of halogens is 1. The number of aryl methyl sites for hydroxylation is 1. The monoisotopic (exact) mass is 600 g/mol. The summed E-state index contributed by atoms with van der Waals surface area (Å²) >= 11 is 6.06. The molecule has 1 saturated heterocycles. The molecule has 0 bridgehead atoms. The maximum atomic E-state index is 11.7. The SMILES string of the molecule is C#C.C/C=C(/Cc1ccc(Cl)cc1CCC)N=CCC.C/C=C(\C)NC=O.O=C(OC1CCCCC1)N1CCNCC1. The normalized spacial score (nSPS) is 15.7. The Morgan fingerprint density at radius 2 is 1.79 bits per heavy atom. The van der Waals surface area contributed by atoms with Crippen LogP contribution < -0.4 is 10.6 Å². The fourth-order valence-electron chi connectivity index (χ4n) is 4.32. The summed E-state index contributed by atoms with van der Waals surface area (Å²) in [6.07, 6.45) is 24.5. The second kappa shape index (κ2) is 25.6. The van der Waals surface area contributed by atoms with E-state index in [-0.39, 0.29) is 12.2 Å². The van der Waals surface area contributed by atoms with Crippen molar-refractivity contribution >= 4 is 30.3 Å². The van der Waals surface area contributed by atoms with Gasteiger partial charge in [-0.25, -0.2) is 4.79 Å². The molecule has 0 aromatic heterocycles. The number of rotatable bonds is 9. The van der Waals surface area contributed by atoms with Crippen LogP contribution in [-0.4, -0.2) is 55.9 Å². The van der Waals surface area contributed by atoms with Crippen LogP contribution in [0.3, 0.4) is 0 Å². The molecular formula is C34H53ClN4O3. The summed E-state index contributed by atoms with van der Waals surface area (Å²) in [5, 5.41) is 6.52. The Bertz CT molecular complexity index is 992. The number of aliphatic imine (C=N–C) groups is 1. The summed E-state index contributed by atoms with van der Waals surface area (Å²) in [5.74, 6) is 0. The van der Waals surface area contributed by atoms with E-state index in [0.29, 0.717) is 6.41 Å². The molecule has 2 aliphatic rings. The molecular weight excluding hydrogens is 548 g/mol. The Balaban J connectivity index is 0.000000631. The first-order chi connectivity index (χ1) is 20.4. The molecule has 3 rings (SSSR count). The van der Waals surface area contributed by atoms with Gasteiger partial charge in [0.15, 0.2) is 0 Å². The largest absolute Gasteiger partial charge is 0.446 e. The Labute approximate surface area is 260 Å². The molecule has 2 fully saturated rings. The Kier molecular flexibility index (Phi) is 23.7. The van der Waals surface area contributed by atoms with Crippen LogP contribution in [0.2, 0.25) is 5.02 Å². The molecule has 1 aliphatic carbocycles. The van der Waals surface area contributed by atoms with Gasteiger partial charge < -0.3 is 20.3 Å². The molecule has 0 atom stereocenters. The van der Waals surface area contributed by atoms with Crippen LogP contribution in [0.1, 0.15) is 90.7 Å². The van der Waals surface area contributed by atoms with Gasteiger partial charge in [-0.2, -0.15) is 0 Å². The molecule has 2 amide bonds. The van der Waals surface area contributed by atoms with Crippen molar-refractivity contribution in [3.8, 4) is 12.8 Å². The lowest BCUT2D eigenvalue weighted by Crippen LogP contribution is -2.47. The first kappa shape index (κ1) is 38.9. The van der Waals surface area contributed by atoms with Crippen LogP contribution in [0.25, 0.3) is 0 Å². The Morgan fingerprint density at radius 1 is 1.12 bits per heavy atom. The zero-order valence-electron chi connectivity index (χ0n) is 26.5. The number of carbonyl (C=O) groups excluding carboxylic acids is 2. The van der Waals surface area contributed by atoms with Gasteiger partial charge in [-0.15, -0.1) is 12.8 Å². The smallest absolute Gasteiger partial charge is 0.410 e. The molecule has 7 nitrogen and oxygen atoms in total. The topological polar surface area (TPSA) is 83.0 Å². The molecule has 1 aromatic carbocycles. The van der Waals surface area contributed by atoms with E-state index in [4.69, 9.17) is 16.3 Å². The van der Waals surface area contributed by atoms with E-state index in [1.54, 1.807) is 0 Å². The maximum absolute atomic E-state index is 11.7. The number of ether oxygens (including phenoxy) is 1. The second-order valence-corrected chi connectivity index (χ2v) is 10.4. The van der Waals surface area contributed by atoms with E-state index < -0.39 is 0 Å². The third-order valence-electron chi connectivity index (χ3n) is 6.75. The van der Waals surface area contributed by atoms with Crippen LogP contribution >= 0.6 is 11.6 Å². The predicted octanol–water partition coefficient (Wildman–Crippen LogP) is 7.49. The van der Waals surface area contributed by atoms with Gasteiger partial charge >= 0.3 is 6.09 Å². The van der Waals surface area contributed by atoms with Crippen molar-refractivity contribution in [3.05, 3.63) is 57.9 Å². The van der Waals surface area contributed by atoms with Crippen LogP contribution in [-0.2, 0) is 22.4 Å². The van der Waals surface area contributed by atoms with Gasteiger partial charge in [-0.3, -0.25) is 9.79 Å². The van der Waals surface area contributed by atoms with Crippen molar-refractivity contribution in [2.45, 2.75) is 98.5 Å². The van der Waals surface area contributed by atoms with Crippen LogP contribution in [0.15, 0.2) is 46.7 Å². The lowest BCUT2D eigenvalue weighted by molar-refractivity contribution is -0.108. The van der Waals surface area contributed by atoms with Crippen molar-refractivity contribution in [1.29, 1.82) is 0 Å². The number of allylic oxidation sites excluding steroid dienone is 4. The number of hydrogen-bond donors (Lipinski definition) is 2. The van der Waals surface area contributed by atoms with Gasteiger partial charge in [0.05, 0.1) is 0 Å². The fraction of sp³-hybridized carbons (Fsp3) is 0.559. The third-order valence-corrected chi connectivity index (χ3v) is 6.98. The Hall–Kier alpha value is -3.08. The minimum Gasteiger partial charge on any atom is -0.446 e. The van der Waals surface area contributed by atoms with E-state index in [1.165, 1.54) is 30.4 Å². The summed E-state index contributed by atoms with van der Waals surface area (Å²) in [5.41, 5.74) is 4.69. The molecule has 2 N–H and O–H groups in total. The first-order valence-electron chi connectivity index (χ1n) is 15.2. The molecule has 0 spiro atoms. The number of amides is 2. The highest BCUT2D eigenvalue weighted by Gasteiger charge is 2.22. The number of terminal acetylenes is 1. The summed E-state index contributed by atoms with van der Waals surface area (Å²) in [7, 11) is 0. The first-order valence-corrected chi connectivity index (χ1v) is 15.5. The number of hydrogen-bond acceptors (Lipinski definition) is 5. The third kappa shape index (κ3) is 17.7. The molecule has 1 heterocycles. The highest BCUT2D eigenvalue weighted by molar-refractivity contribution is 6.30. The summed E-state index contributed by atoms with van der Waals surface area (Å²) < 4.78 is 5.49. The van der Waals surface area contributed by atoms with Gasteiger partial charge in [0.25, 0.3) is 0 Å². The molecule has 0 unspecified atom stereocenters. The van der Waals surface area contributed by atoms with Crippen molar-refractivity contribution < 1.29 is 14.3 Å². The van der Waals surface area contributed by atoms with Crippen molar-refractivity contribution in [3.63, 3.8) is 0 Å². The summed E-state index contributed by atoms with van der Waals surface area (Å²) in [6, 6.07) is 6.17. The zero-order chi connectivity index (χ0) is 31.6. The quantitative estimate of drug-likeness (QED) is 0.175. The number of carbonyl (C=O) groups is 2. The molecule has 8 heteroatoms. The van der Waals surface area contributed by atoms with E-state index in [2.05, 4.69) is 60.5 Å². The van der Waals surface area contributed by atoms with Crippen molar-refractivity contribution in [2.75, 3.05) is 26.2 Å². The summed E-state index contributed by atoms with van der Waals surface area (Å²) in [4.78, 5) is 27.7. The van der Waals surface area contributed by atoms with E-state index >= 15 is 0 Å². The summed E-state index contributed by atoms with van der Waals surface area (Å²) in [6.45, 7) is 13.4. The van der Waals surface area contributed by atoms with Gasteiger partial charge in [0.1, 0.15) is 6.10 Å². The minimum absolute atomic E-state index is 0.108. The van der Waals surface area contributed by atoms with Crippen LogP contribution in [0, 0.1) is 12.8 Å². The van der Waals surface area contributed by atoms with E-state index in [9.17, 15) is 9.59 Å². The van der Waals surface area contributed by atoms with Crippen molar-refractivity contribution in [2.24, 2.45) is 4.99 Å². The Morgan fingerprint density at radius 3 is 2.31 bits per heavy atom. The fourth-order valence-corrected chi connectivity index (χ4v) is 4.51. The highest BCUT2D eigenvalue weighted by Crippen LogP contribution is 2.22. The zero-order valence-corrected chi connectivity index (χ0v) is 27.2. The van der Waals surface area contributed by atoms with Crippen molar-refractivity contribution in [1.82, 2.24) is 15.5 Å². The molecule has 42 heavy (non-hydrogen) atoms. The molecule has 0 radical (unpaired) electrons. The second-order valence-electron chi connectivity index (χ2n) is 9.95.